The van der Waals surface area contributed by atoms with Crippen LogP contribution in [0.3, 0.4) is 0 Å². The number of fused-ring (bicyclic) bond motifs is 1. The van der Waals surface area contributed by atoms with Crippen molar-refractivity contribution in [3.8, 4) is 0 Å². The van der Waals surface area contributed by atoms with Crippen molar-refractivity contribution < 1.29 is 23.9 Å². The number of benzene rings is 2. The summed E-state index contributed by atoms with van der Waals surface area (Å²) in [6.45, 7) is 0. The number of carbonyl (C=O) groups excluding carboxylic acids is 3. The van der Waals surface area contributed by atoms with Crippen LogP contribution in [0.5, 0.6) is 0 Å². The molecule has 0 heterocycles. The summed E-state index contributed by atoms with van der Waals surface area (Å²) in [4.78, 5) is 35.2. The molecule has 0 aliphatic rings. The number of esters is 2. The van der Waals surface area contributed by atoms with Crippen LogP contribution in [0, 0.1) is 0 Å². The summed E-state index contributed by atoms with van der Waals surface area (Å²) in [5.41, 5.74) is 0. The Balaban J connectivity index is 1.90. The van der Waals surface area contributed by atoms with Crippen LogP contribution in [0.4, 0.5) is 0 Å². The van der Waals surface area contributed by atoms with Crippen molar-refractivity contribution in [1.29, 1.82) is 0 Å². The van der Waals surface area contributed by atoms with Gasteiger partial charge in [0.25, 0.3) is 0 Å². The molecular weight excluding hydrogens is 450 g/mol. The second kappa shape index (κ2) is 10.1. The van der Waals surface area contributed by atoms with E-state index in [-0.39, 0.29) is 12.3 Å². The molecule has 1 N–H and O–H groups in total. The van der Waals surface area contributed by atoms with E-state index in [1.807, 2.05) is 18.2 Å². The molecule has 0 aromatic heterocycles. The standard InChI is InChI=1S/C19H21NO5Te/c1-24-18(22)12-15(19(23)25-2)20-17(21)10-11-26-16-9-5-7-13-6-3-4-8-14(13)16/h3-9,15H,10-12H2,1-2H3,(H,20,21)/t15-/m0/s1. The van der Waals surface area contributed by atoms with Gasteiger partial charge in [0.05, 0.1) is 0 Å². The van der Waals surface area contributed by atoms with E-state index in [4.69, 9.17) is 0 Å². The quantitative estimate of drug-likeness (QED) is 0.463. The van der Waals surface area contributed by atoms with Crippen LogP contribution in [0.2, 0.25) is 4.47 Å². The Bertz CT molecular complexity index is 787. The molecule has 0 fully saturated rings. The molecule has 0 saturated heterocycles. The van der Waals surface area contributed by atoms with Crippen LogP contribution in [0.25, 0.3) is 10.8 Å². The van der Waals surface area contributed by atoms with Gasteiger partial charge in [-0.15, -0.1) is 0 Å². The topological polar surface area (TPSA) is 81.7 Å². The molecule has 2 aromatic carbocycles. The molecule has 6 nitrogen and oxygen atoms in total. The number of hydrogen-bond donors (Lipinski definition) is 1. The molecule has 138 valence electrons. The number of ether oxygens (including phenoxy) is 2. The summed E-state index contributed by atoms with van der Waals surface area (Å²) in [5, 5.41) is 4.99. The van der Waals surface area contributed by atoms with Crippen LogP contribution in [0.1, 0.15) is 12.8 Å². The molecule has 2 aromatic rings. The number of rotatable bonds is 8. The minimum atomic E-state index is -1.02. The van der Waals surface area contributed by atoms with E-state index in [1.54, 1.807) is 0 Å². The van der Waals surface area contributed by atoms with Crippen LogP contribution in [0.15, 0.2) is 42.5 Å². The molecule has 0 spiro atoms. The van der Waals surface area contributed by atoms with E-state index in [2.05, 4.69) is 39.1 Å². The van der Waals surface area contributed by atoms with Crippen molar-refractivity contribution in [2.75, 3.05) is 14.2 Å². The maximum atomic E-state index is 12.1. The summed E-state index contributed by atoms with van der Waals surface area (Å²) in [6, 6.07) is 13.4. The molecule has 0 bridgehead atoms. The fourth-order valence-electron chi connectivity index (χ4n) is 2.43. The fraction of sp³-hybridized carbons (Fsp3) is 0.316. The molecule has 0 radical (unpaired) electrons. The average molecular weight is 471 g/mol. The Labute approximate surface area is 162 Å². The molecule has 1 atom stereocenters. The van der Waals surface area contributed by atoms with Crippen molar-refractivity contribution in [3.05, 3.63) is 42.5 Å². The zero-order valence-corrected chi connectivity index (χ0v) is 17.0. The van der Waals surface area contributed by atoms with E-state index in [0.29, 0.717) is 6.42 Å². The second-order valence-corrected chi connectivity index (χ2v) is 8.74. The van der Waals surface area contributed by atoms with Gasteiger partial charge in [0, 0.05) is 0 Å². The summed E-state index contributed by atoms with van der Waals surface area (Å²) < 4.78 is 11.2. The number of hydrogen-bond acceptors (Lipinski definition) is 5. The summed E-state index contributed by atoms with van der Waals surface area (Å²) >= 11 is -0.542. The number of nitrogens with one attached hydrogen (secondary N) is 1. The minimum absolute atomic E-state index is 0.241. The molecule has 0 unspecified atom stereocenters. The van der Waals surface area contributed by atoms with Gasteiger partial charge in [0.2, 0.25) is 0 Å². The van der Waals surface area contributed by atoms with Gasteiger partial charge < -0.3 is 0 Å². The average Bonchev–Trinajstić information content (AvgIpc) is 2.66. The van der Waals surface area contributed by atoms with Gasteiger partial charge in [-0.05, 0) is 0 Å². The van der Waals surface area contributed by atoms with Crippen molar-refractivity contribution in [2.24, 2.45) is 0 Å². The molecule has 1 amide bonds. The van der Waals surface area contributed by atoms with Crippen LogP contribution in [-0.4, -0.2) is 59.0 Å². The van der Waals surface area contributed by atoms with Crippen molar-refractivity contribution in [1.82, 2.24) is 5.32 Å². The first-order valence-electron chi connectivity index (χ1n) is 8.09. The van der Waals surface area contributed by atoms with Gasteiger partial charge in [-0.1, -0.05) is 0 Å². The zero-order valence-electron chi connectivity index (χ0n) is 14.7. The molecule has 0 aliphatic heterocycles. The van der Waals surface area contributed by atoms with Crippen LogP contribution >= 0.6 is 0 Å². The van der Waals surface area contributed by atoms with E-state index in [0.717, 1.165) is 4.47 Å². The molecule has 2 rings (SSSR count). The predicted molar refractivity (Wildman–Crippen MR) is 99.3 cm³/mol. The SMILES string of the molecule is COC(=O)C[C@H](NC(=O)CC[Te]c1cccc2ccccc12)C(=O)OC. The van der Waals surface area contributed by atoms with E-state index >= 15 is 0 Å². The second-order valence-electron chi connectivity index (χ2n) is 5.50. The van der Waals surface area contributed by atoms with Crippen molar-refractivity contribution >= 4 is 53.2 Å². The monoisotopic (exact) mass is 473 g/mol. The molecule has 26 heavy (non-hydrogen) atoms. The first kappa shape index (κ1) is 20.2. The number of methoxy groups -OCH3 is 2. The Morgan fingerprint density at radius 2 is 1.77 bits per heavy atom. The first-order chi connectivity index (χ1) is 12.5. The zero-order chi connectivity index (χ0) is 18.9. The maximum absolute atomic E-state index is 12.1. The third-order valence-electron chi connectivity index (χ3n) is 3.76. The van der Waals surface area contributed by atoms with Crippen LogP contribution < -0.4 is 8.93 Å². The Hall–Kier alpha value is -2.10. The summed E-state index contributed by atoms with van der Waals surface area (Å²) in [7, 11) is 2.44. The predicted octanol–water partition coefficient (Wildman–Crippen LogP) is 1.20. The van der Waals surface area contributed by atoms with E-state index in [1.165, 1.54) is 28.6 Å². The van der Waals surface area contributed by atoms with Gasteiger partial charge in [0.15, 0.2) is 0 Å². The van der Waals surface area contributed by atoms with Gasteiger partial charge in [-0.2, -0.15) is 0 Å². The third kappa shape index (κ3) is 5.72. The number of amides is 1. The molecule has 0 aliphatic carbocycles. The van der Waals surface area contributed by atoms with E-state index in [9.17, 15) is 14.4 Å². The van der Waals surface area contributed by atoms with Crippen molar-refractivity contribution in [2.45, 2.75) is 23.4 Å². The Morgan fingerprint density at radius 3 is 2.50 bits per heavy atom. The van der Waals surface area contributed by atoms with Gasteiger partial charge in [-0.25, -0.2) is 0 Å². The fourth-order valence-corrected chi connectivity index (χ4v) is 5.35. The molecule has 7 heteroatoms. The molecule has 0 saturated carbocycles. The van der Waals surface area contributed by atoms with Crippen LogP contribution in [-0.2, 0) is 23.9 Å². The van der Waals surface area contributed by atoms with Crippen molar-refractivity contribution in [3.63, 3.8) is 0 Å². The van der Waals surface area contributed by atoms with Gasteiger partial charge >= 0.3 is 162 Å². The number of carbonyl (C=O) groups is 3. The van der Waals surface area contributed by atoms with E-state index < -0.39 is 38.9 Å². The summed E-state index contributed by atoms with van der Waals surface area (Å²) in [6.07, 6.45) is 0.0645. The third-order valence-corrected chi connectivity index (χ3v) is 6.82. The Morgan fingerprint density at radius 1 is 1.04 bits per heavy atom. The Kier molecular flexibility index (Phi) is 7.89. The van der Waals surface area contributed by atoms with Gasteiger partial charge in [0.1, 0.15) is 0 Å². The van der Waals surface area contributed by atoms with Gasteiger partial charge in [-0.3, -0.25) is 0 Å². The summed E-state index contributed by atoms with van der Waals surface area (Å²) in [5.74, 6) is -1.51. The normalized spacial score (nSPS) is 11.6. The molecular formula is C19H21NO5Te. The first-order valence-corrected chi connectivity index (χ1v) is 10.9.